The smallest absolute Gasteiger partial charge is 0.310 e. The van der Waals surface area contributed by atoms with Gasteiger partial charge in [-0.1, -0.05) is 93.4 Å². The first-order chi connectivity index (χ1) is 18.6. The highest BCUT2D eigenvalue weighted by Gasteiger charge is 2.65. The number of aliphatic hydroxyl groups excluding tert-OH is 1. The van der Waals surface area contributed by atoms with Crippen molar-refractivity contribution >= 4 is 10.2 Å². The third-order valence-electron chi connectivity index (χ3n) is 9.09. The fraction of sp³-hybridized carbons (Fsp3) is 0.656. The summed E-state index contributed by atoms with van der Waals surface area (Å²) in [5, 5.41) is 11.4. The molecule has 1 aromatic carbocycles. The van der Waals surface area contributed by atoms with Crippen molar-refractivity contribution in [3.63, 3.8) is 0 Å². The van der Waals surface area contributed by atoms with Crippen molar-refractivity contribution < 1.29 is 29.3 Å². The van der Waals surface area contributed by atoms with Crippen LogP contribution >= 0.6 is 10.2 Å². The van der Waals surface area contributed by atoms with E-state index in [0.717, 1.165) is 65.4 Å². The number of aliphatic hydroxyl groups is 1. The standard InChI is InChI=1S/C27H34F5NO2S.C5H12/c1-15(2)24-22-23(21-19(33-24)13-26(4,5)14-20(21)34)27(12-6-7-16(27)3)35-25(22)17-8-10-18(11-9-17)36(28,29,30,31)32;1-4-5(2)3/h8-11,15-16,20,25,34H,6-7,12-14H2,1-5H3;5H,4H2,1-3H3. The van der Waals surface area contributed by atoms with Crippen LogP contribution in [0, 0.1) is 17.3 Å². The molecule has 4 unspecified atom stereocenters. The van der Waals surface area contributed by atoms with Crippen LogP contribution in [0.1, 0.15) is 139 Å². The molecule has 2 heterocycles. The minimum absolute atomic E-state index is 0.00634. The van der Waals surface area contributed by atoms with E-state index in [2.05, 4.69) is 41.5 Å². The van der Waals surface area contributed by atoms with Gasteiger partial charge in [0, 0.05) is 22.5 Å². The van der Waals surface area contributed by atoms with E-state index >= 15 is 0 Å². The summed E-state index contributed by atoms with van der Waals surface area (Å²) in [6.45, 7) is 17.0. The number of pyridine rings is 1. The van der Waals surface area contributed by atoms with Crippen LogP contribution in [0.5, 0.6) is 0 Å². The molecule has 3 aliphatic rings. The average molecular weight is 604 g/mol. The van der Waals surface area contributed by atoms with E-state index in [-0.39, 0.29) is 17.3 Å². The van der Waals surface area contributed by atoms with Crippen LogP contribution in [0.3, 0.4) is 0 Å². The average Bonchev–Trinajstić information content (AvgIpc) is 3.37. The number of aromatic nitrogens is 1. The number of halogens is 5. The van der Waals surface area contributed by atoms with E-state index in [9.17, 15) is 24.5 Å². The summed E-state index contributed by atoms with van der Waals surface area (Å²) in [6.07, 6.45) is 3.69. The van der Waals surface area contributed by atoms with Gasteiger partial charge in [-0.05, 0) is 78.5 Å². The van der Waals surface area contributed by atoms with Crippen LogP contribution in [0.2, 0.25) is 0 Å². The molecule has 4 atom stereocenters. The first kappa shape index (κ1) is 32.2. The van der Waals surface area contributed by atoms with E-state index in [1.54, 1.807) is 0 Å². The third kappa shape index (κ3) is 6.19. The number of benzene rings is 1. The van der Waals surface area contributed by atoms with Crippen molar-refractivity contribution in [1.82, 2.24) is 4.98 Å². The zero-order chi connectivity index (χ0) is 30.8. The summed E-state index contributed by atoms with van der Waals surface area (Å²) >= 11 is 0. The molecular formula is C32H46F5NO2S. The third-order valence-corrected chi connectivity index (χ3v) is 10.3. The molecule has 5 rings (SSSR count). The van der Waals surface area contributed by atoms with E-state index in [0.29, 0.717) is 30.5 Å². The van der Waals surface area contributed by atoms with Gasteiger partial charge in [-0.3, -0.25) is 4.98 Å². The molecule has 1 saturated carbocycles. The number of ether oxygens (including phenoxy) is 1. The lowest BCUT2D eigenvalue weighted by atomic mass is 9.69. The van der Waals surface area contributed by atoms with Crippen molar-refractivity contribution in [3.05, 3.63) is 57.9 Å². The molecule has 2 aliphatic carbocycles. The fourth-order valence-electron chi connectivity index (χ4n) is 6.65. The summed E-state index contributed by atoms with van der Waals surface area (Å²) in [6, 6.07) is 3.12. The molecule has 1 fully saturated rings. The highest BCUT2D eigenvalue weighted by Crippen LogP contribution is 3.02. The van der Waals surface area contributed by atoms with Gasteiger partial charge in [-0.15, -0.1) is 0 Å². The first-order valence-corrected chi connectivity index (χ1v) is 16.8. The molecule has 1 aliphatic heterocycles. The Morgan fingerprint density at radius 2 is 1.61 bits per heavy atom. The van der Waals surface area contributed by atoms with Crippen LogP contribution in [-0.4, -0.2) is 10.1 Å². The van der Waals surface area contributed by atoms with E-state index in [1.807, 2.05) is 13.8 Å². The monoisotopic (exact) mass is 603 g/mol. The van der Waals surface area contributed by atoms with Gasteiger partial charge in [0.15, 0.2) is 0 Å². The lowest BCUT2D eigenvalue weighted by molar-refractivity contribution is -0.0842. The Hall–Kier alpha value is -1.71. The van der Waals surface area contributed by atoms with Gasteiger partial charge in [0.2, 0.25) is 0 Å². The van der Waals surface area contributed by atoms with Crippen molar-refractivity contribution in [2.45, 2.75) is 123 Å². The van der Waals surface area contributed by atoms with E-state index in [4.69, 9.17) is 9.72 Å². The number of hydrogen-bond donors (Lipinski definition) is 1. The maximum Gasteiger partial charge on any atom is 0.310 e. The van der Waals surface area contributed by atoms with Gasteiger partial charge < -0.3 is 9.84 Å². The fourth-order valence-corrected chi connectivity index (χ4v) is 7.30. The molecule has 232 valence electrons. The molecule has 0 saturated heterocycles. The molecule has 41 heavy (non-hydrogen) atoms. The molecule has 9 heteroatoms. The van der Waals surface area contributed by atoms with Gasteiger partial charge in [0.1, 0.15) is 11.0 Å². The quantitative estimate of drug-likeness (QED) is 0.354. The molecule has 1 spiro atoms. The number of nitrogens with zero attached hydrogens (tertiary/aromatic N) is 1. The van der Waals surface area contributed by atoms with Crippen LogP contribution in [0.15, 0.2) is 29.2 Å². The zero-order valence-electron chi connectivity index (χ0n) is 25.5. The summed E-state index contributed by atoms with van der Waals surface area (Å²) in [7, 11) is -9.79. The predicted molar refractivity (Wildman–Crippen MR) is 156 cm³/mol. The Bertz CT molecular complexity index is 1290. The van der Waals surface area contributed by atoms with Crippen LogP contribution in [0.25, 0.3) is 0 Å². The van der Waals surface area contributed by atoms with Gasteiger partial charge >= 0.3 is 10.2 Å². The predicted octanol–water partition coefficient (Wildman–Crippen LogP) is 11.1. The highest BCUT2D eigenvalue weighted by atomic mass is 32.5. The molecule has 1 aromatic heterocycles. The van der Waals surface area contributed by atoms with Crippen molar-refractivity contribution in [1.29, 1.82) is 0 Å². The molecule has 0 amide bonds. The second kappa shape index (κ2) is 9.91. The van der Waals surface area contributed by atoms with Crippen LogP contribution < -0.4 is 0 Å². The van der Waals surface area contributed by atoms with Crippen molar-refractivity contribution in [3.8, 4) is 0 Å². The van der Waals surface area contributed by atoms with E-state index in [1.165, 1.54) is 6.42 Å². The Labute approximate surface area is 242 Å². The molecule has 3 nitrogen and oxygen atoms in total. The normalized spacial score (nSPS) is 28.6. The molecular weight excluding hydrogens is 557 g/mol. The molecule has 0 radical (unpaired) electrons. The summed E-state index contributed by atoms with van der Waals surface area (Å²) < 4.78 is 73.7. The maximum absolute atomic E-state index is 13.4. The van der Waals surface area contributed by atoms with Crippen LogP contribution in [-0.2, 0) is 16.8 Å². The van der Waals surface area contributed by atoms with Gasteiger partial charge in [-0.2, -0.15) is 0 Å². The summed E-state index contributed by atoms with van der Waals surface area (Å²) in [5.74, 6) is 1.00. The van der Waals surface area contributed by atoms with Crippen molar-refractivity contribution in [2.24, 2.45) is 17.3 Å². The summed E-state index contributed by atoms with van der Waals surface area (Å²) in [4.78, 5) is 3.12. The Balaban J connectivity index is 0.000000714. The number of rotatable bonds is 4. The first-order valence-electron chi connectivity index (χ1n) is 14.9. The Kier molecular flexibility index (Phi) is 7.79. The van der Waals surface area contributed by atoms with Crippen molar-refractivity contribution in [2.75, 3.05) is 0 Å². The number of hydrogen-bond acceptors (Lipinski definition) is 3. The van der Waals surface area contributed by atoms with E-state index < -0.39 is 32.9 Å². The highest BCUT2D eigenvalue weighted by molar-refractivity contribution is 8.45. The van der Waals surface area contributed by atoms with Crippen LogP contribution in [0.4, 0.5) is 19.4 Å². The molecule has 2 aromatic rings. The van der Waals surface area contributed by atoms with Gasteiger partial charge in [0.05, 0.1) is 11.7 Å². The topological polar surface area (TPSA) is 42.4 Å². The Morgan fingerprint density at radius 3 is 2.07 bits per heavy atom. The molecule has 0 bridgehead atoms. The minimum Gasteiger partial charge on any atom is -0.388 e. The van der Waals surface area contributed by atoms with Gasteiger partial charge in [0.25, 0.3) is 0 Å². The second-order valence-electron chi connectivity index (χ2n) is 13.9. The maximum atomic E-state index is 13.4. The summed E-state index contributed by atoms with van der Waals surface area (Å²) in [5.41, 5.74) is 3.74. The lowest BCUT2D eigenvalue weighted by Gasteiger charge is -2.40. The second-order valence-corrected chi connectivity index (χ2v) is 16.3. The minimum atomic E-state index is -9.79. The zero-order valence-corrected chi connectivity index (χ0v) is 26.4. The lowest BCUT2D eigenvalue weighted by Crippen LogP contribution is -2.34. The Morgan fingerprint density at radius 1 is 1.02 bits per heavy atom. The number of fused-ring (bicyclic) bond motifs is 4. The molecule has 1 N–H and O–H groups in total. The largest absolute Gasteiger partial charge is 0.388 e. The SMILES string of the molecule is CC(C)c1nc2c(c3c1C(c1ccc(S(F)(F)(F)(F)F)cc1)OC31CCCC1C)C(O)CC(C)(C)C2.CCC(C)C. The van der Waals surface area contributed by atoms with Gasteiger partial charge in [-0.25, -0.2) is 0 Å².